The van der Waals surface area contributed by atoms with Gasteiger partial charge in [0.2, 0.25) is 0 Å². The normalized spacial score (nSPS) is 20.6. The second kappa shape index (κ2) is 6.83. The summed E-state index contributed by atoms with van der Waals surface area (Å²) in [5.41, 5.74) is 5.53. The second-order valence-corrected chi connectivity index (χ2v) is 4.19. The van der Waals surface area contributed by atoms with Gasteiger partial charge in [0, 0.05) is 39.8 Å². The van der Waals surface area contributed by atoms with Crippen LogP contribution < -0.4 is 5.73 Å². The average Bonchev–Trinajstić information content (AvgIpc) is 2.53. The Morgan fingerprint density at radius 3 is 2.75 bits per heavy atom. The molecule has 5 heteroatoms. The van der Waals surface area contributed by atoms with Gasteiger partial charge in [-0.05, 0) is 19.9 Å². The third-order valence-corrected chi connectivity index (χ3v) is 3.05. The van der Waals surface area contributed by atoms with E-state index in [0.717, 1.165) is 39.1 Å². The van der Waals surface area contributed by atoms with Gasteiger partial charge in [-0.15, -0.1) is 0 Å². The molecule has 0 spiro atoms. The lowest BCUT2D eigenvalue weighted by molar-refractivity contribution is -0.140. The summed E-state index contributed by atoms with van der Waals surface area (Å²) in [7, 11) is 1.57. The highest BCUT2D eigenvalue weighted by Gasteiger charge is 2.22. The van der Waals surface area contributed by atoms with Crippen molar-refractivity contribution in [2.75, 3.05) is 46.4 Å². The first kappa shape index (κ1) is 13.4. The van der Waals surface area contributed by atoms with E-state index in [1.807, 2.05) is 4.90 Å². The first-order valence-electron chi connectivity index (χ1n) is 5.93. The van der Waals surface area contributed by atoms with Gasteiger partial charge in [-0.2, -0.15) is 0 Å². The van der Waals surface area contributed by atoms with Crippen molar-refractivity contribution in [1.29, 1.82) is 0 Å². The molecule has 0 aromatic carbocycles. The first-order valence-corrected chi connectivity index (χ1v) is 5.93. The quantitative estimate of drug-likeness (QED) is 0.707. The number of ether oxygens (including phenoxy) is 1. The van der Waals surface area contributed by atoms with Gasteiger partial charge in [-0.3, -0.25) is 4.79 Å². The highest BCUT2D eigenvalue weighted by atomic mass is 16.5. The zero-order valence-corrected chi connectivity index (χ0v) is 10.3. The van der Waals surface area contributed by atoms with Crippen LogP contribution in [0, 0.1) is 0 Å². The van der Waals surface area contributed by atoms with Gasteiger partial charge in [0.25, 0.3) is 5.91 Å². The predicted molar refractivity (Wildman–Crippen MR) is 63.2 cm³/mol. The summed E-state index contributed by atoms with van der Waals surface area (Å²) in [6, 6.07) is 0. The maximum Gasteiger partial charge on any atom is 0.251 e. The fraction of sp³-hybridized carbons (Fsp3) is 0.909. The second-order valence-electron chi connectivity index (χ2n) is 4.19. The van der Waals surface area contributed by atoms with Crippen LogP contribution in [0.5, 0.6) is 0 Å². The molecule has 0 aromatic heterocycles. The van der Waals surface area contributed by atoms with E-state index in [4.69, 9.17) is 10.5 Å². The van der Waals surface area contributed by atoms with Gasteiger partial charge in [0.15, 0.2) is 0 Å². The summed E-state index contributed by atoms with van der Waals surface area (Å²) >= 11 is 0. The lowest BCUT2D eigenvalue weighted by atomic mass is 10.3. The van der Waals surface area contributed by atoms with Crippen LogP contribution in [0.1, 0.15) is 13.3 Å². The molecule has 0 aliphatic carbocycles. The Balaban J connectivity index is 2.43. The molecule has 1 aliphatic heterocycles. The maximum absolute atomic E-state index is 11.9. The molecule has 1 amide bonds. The Morgan fingerprint density at radius 1 is 1.38 bits per heavy atom. The summed E-state index contributed by atoms with van der Waals surface area (Å²) < 4.78 is 5.06. The van der Waals surface area contributed by atoms with E-state index in [9.17, 15) is 4.79 Å². The molecule has 0 aromatic rings. The fourth-order valence-corrected chi connectivity index (χ4v) is 1.96. The third-order valence-electron chi connectivity index (χ3n) is 3.05. The number of rotatable bonds is 4. The molecule has 94 valence electrons. The number of hydrogen-bond donors (Lipinski definition) is 1. The maximum atomic E-state index is 11.9. The minimum atomic E-state index is -0.332. The van der Waals surface area contributed by atoms with Crippen molar-refractivity contribution in [2.24, 2.45) is 5.73 Å². The topological polar surface area (TPSA) is 58.8 Å². The van der Waals surface area contributed by atoms with Gasteiger partial charge in [0.05, 0.1) is 0 Å². The standard InChI is InChI=1S/C11H23N3O2/c1-10(16-2)11(15)14-6-3-5-13(7-4-12)8-9-14/h10H,3-9,12H2,1-2H3. The van der Waals surface area contributed by atoms with Crippen LogP contribution in [0.15, 0.2) is 0 Å². The van der Waals surface area contributed by atoms with E-state index in [1.165, 1.54) is 0 Å². The number of hydrogen-bond acceptors (Lipinski definition) is 4. The van der Waals surface area contributed by atoms with Crippen molar-refractivity contribution >= 4 is 5.91 Å². The molecule has 1 atom stereocenters. The molecule has 1 saturated heterocycles. The van der Waals surface area contributed by atoms with E-state index in [2.05, 4.69) is 4.90 Å². The Labute approximate surface area is 97.5 Å². The summed E-state index contributed by atoms with van der Waals surface area (Å²) in [5, 5.41) is 0. The van der Waals surface area contributed by atoms with Crippen molar-refractivity contribution < 1.29 is 9.53 Å². The molecule has 0 saturated carbocycles. The van der Waals surface area contributed by atoms with Crippen molar-refractivity contribution in [1.82, 2.24) is 9.80 Å². The Kier molecular flexibility index (Phi) is 5.73. The summed E-state index contributed by atoms with van der Waals surface area (Å²) in [6.45, 7) is 6.96. The van der Waals surface area contributed by atoms with Crippen molar-refractivity contribution in [3.8, 4) is 0 Å². The fourth-order valence-electron chi connectivity index (χ4n) is 1.96. The van der Waals surface area contributed by atoms with Crippen LogP contribution in [-0.2, 0) is 9.53 Å². The van der Waals surface area contributed by atoms with Gasteiger partial charge in [-0.1, -0.05) is 0 Å². The molecule has 1 unspecified atom stereocenters. The van der Waals surface area contributed by atoms with E-state index < -0.39 is 0 Å². The molecular formula is C11H23N3O2. The Morgan fingerprint density at radius 2 is 2.12 bits per heavy atom. The van der Waals surface area contributed by atoms with E-state index >= 15 is 0 Å². The number of carbonyl (C=O) groups is 1. The van der Waals surface area contributed by atoms with Crippen LogP contribution in [0.2, 0.25) is 0 Å². The molecule has 1 aliphatic rings. The number of methoxy groups -OCH3 is 1. The molecule has 5 nitrogen and oxygen atoms in total. The van der Waals surface area contributed by atoms with Gasteiger partial charge < -0.3 is 20.3 Å². The molecule has 1 heterocycles. The van der Waals surface area contributed by atoms with Gasteiger partial charge in [-0.25, -0.2) is 0 Å². The predicted octanol–water partition coefficient (Wildman–Crippen LogP) is -0.486. The van der Waals surface area contributed by atoms with Crippen LogP contribution in [0.3, 0.4) is 0 Å². The zero-order chi connectivity index (χ0) is 12.0. The van der Waals surface area contributed by atoms with Gasteiger partial charge in [0.1, 0.15) is 6.10 Å². The Hall–Kier alpha value is -0.650. The van der Waals surface area contributed by atoms with Crippen LogP contribution in [0.25, 0.3) is 0 Å². The molecule has 1 fully saturated rings. The lowest BCUT2D eigenvalue weighted by Gasteiger charge is -2.23. The minimum Gasteiger partial charge on any atom is -0.372 e. The molecular weight excluding hydrogens is 206 g/mol. The Bertz CT molecular complexity index is 223. The summed E-state index contributed by atoms with van der Waals surface area (Å²) in [5.74, 6) is 0.0945. The zero-order valence-electron chi connectivity index (χ0n) is 10.3. The number of carbonyl (C=O) groups excluding carboxylic acids is 1. The average molecular weight is 229 g/mol. The smallest absolute Gasteiger partial charge is 0.251 e. The molecule has 1 rings (SSSR count). The molecule has 2 N–H and O–H groups in total. The van der Waals surface area contributed by atoms with Crippen LogP contribution in [-0.4, -0.2) is 68.2 Å². The van der Waals surface area contributed by atoms with Crippen molar-refractivity contribution in [3.63, 3.8) is 0 Å². The van der Waals surface area contributed by atoms with E-state index in [0.29, 0.717) is 6.54 Å². The SMILES string of the molecule is COC(C)C(=O)N1CCCN(CCN)CC1. The monoisotopic (exact) mass is 229 g/mol. The number of nitrogens with zero attached hydrogens (tertiary/aromatic N) is 2. The molecule has 0 radical (unpaired) electrons. The van der Waals surface area contributed by atoms with Crippen molar-refractivity contribution in [3.05, 3.63) is 0 Å². The highest BCUT2D eigenvalue weighted by Crippen LogP contribution is 2.05. The number of nitrogens with two attached hydrogens (primary N) is 1. The third kappa shape index (κ3) is 3.73. The summed E-state index contributed by atoms with van der Waals surface area (Å²) in [4.78, 5) is 16.1. The van der Waals surface area contributed by atoms with Crippen LogP contribution >= 0.6 is 0 Å². The van der Waals surface area contributed by atoms with Gasteiger partial charge >= 0.3 is 0 Å². The van der Waals surface area contributed by atoms with E-state index in [-0.39, 0.29) is 12.0 Å². The largest absolute Gasteiger partial charge is 0.372 e. The molecule has 16 heavy (non-hydrogen) atoms. The highest BCUT2D eigenvalue weighted by molar-refractivity contribution is 5.80. The minimum absolute atomic E-state index is 0.0945. The van der Waals surface area contributed by atoms with Crippen LogP contribution in [0.4, 0.5) is 0 Å². The van der Waals surface area contributed by atoms with E-state index in [1.54, 1.807) is 14.0 Å². The number of amides is 1. The lowest BCUT2D eigenvalue weighted by Crippen LogP contribution is -2.41. The molecule has 0 bridgehead atoms. The first-order chi connectivity index (χ1) is 7.69. The van der Waals surface area contributed by atoms with Crippen molar-refractivity contribution in [2.45, 2.75) is 19.4 Å². The summed E-state index contributed by atoms with van der Waals surface area (Å²) in [6.07, 6.45) is 0.684.